The molecule has 0 saturated carbocycles. The van der Waals surface area contributed by atoms with Crippen molar-refractivity contribution < 1.29 is 8.42 Å². The Bertz CT molecular complexity index is 871. The fraction of sp³-hybridized carbons (Fsp3) is 0. The summed E-state index contributed by atoms with van der Waals surface area (Å²) in [6.07, 6.45) is 1.50. The summed E-state index contributed by atoms with van der Waals surface area (Å²) in [5.41, 5.74) is 6.80. The summed E-state index contributed by atoms with van der Waals surface area (Å²) < 4.78 is 30.0. The van der Waals surface area contributed by atoms with Crippen LogP contribution >= 0.6 is 0 Å². The summed E-state index contributed by atoms with van der Waals surface area (Å²) in [5, 5.41) is 4.12. The first kappa shape index (κ1) is 14.2. The normalized spacial score (nSPS) is 11.3. The SMILES string of the molecule is Nc1ccc(S(=O)(=O)[N-]c2ccnn2-c2ccccc2)cc1. The zero-order valence-electron chi connectivity index (χ0n) is 11.5. The van der Waals surface area contributed by atoms with E-state index in [4.69, 9.17) is 5.73 Å². The van der Waals surface area contributed by atoms with Crippen molar-refractivity contribution in [3.8, 4) is 5.69 Å². The maximum Gasteiger partial charge on any atom is 0.202 e. The third kappa shape index (κ3) is 2.79. The molecule has 1 heterocycles. The molecule has 6 nitrogen and oxygen atoms in total. The number of aromatic nitrogens is 2. The predicted molar refractivity (Wildman–Crippen MR) is 84.6 cm³/mol. The number of sulfonamides is 1. The van der Waals surface area contributed by atoms with Gasteiger partial charge >= 0.3 is 0 Å². The zero-order valence-corrected chi connectivity index (χ0v) is 12.3. The van der Waals surface area contributed by atoms with Crippen LogP contribution in [0.1, 0.15) is 0 Å². The Morgan fingerprint density at radius 3 is 2.32 bits per heavy atom. The molecule has 0 aliphatic rings. The van der Waals surface area contributed by atoms with E-state index < -0.39 is 10.0 Å². The smallest absolute Gasteiger partial charge is 0.202 e. The predicted octanol–water partition coefficient (Wildman–Crippen LogP) is 2.85. The third-order valence-electron chi connectivity index (χ3n) is 3.02. The van der Waals surface area contributed by atoms with E-state index in [1.165, 1.54) is 35.1 Å². The highest BCUT2D eigenvalue weighted by Crippen LogP contribution is 2.29. The molecule has 0 amide bonds. The Kier molecular flexibility index (Phi) is 3.56. The van der Waals surface area contributed by atoms with Gasteiger partial charge in [0.05, 0.1) is 4.90 Å². The highest BCUT2D eigenvalue weighted by Gasteiger charge is 2.10. The molecule has 0 radical (unpaired) electrons. The number of rotatable bonds is 4. The molecule has 3 aromatic rings. The van der Waals surface area contributed by atoms with Crippen LogP contribution in [0.4, 0.5) is 11.5 Å². The van der Waals surface area contributed by atoms with Gasteiger partial charge in [0.15, 0.2) is 0 Å². The summed E-state index contributed by atoms with van der Waals surface area (Å²) in [7, 11) is -3.82. The van der Waals surface area contributed by atoms with Crippen molar-refractivity contribution in [1.82, 2.24) is 9.78 Å². The van der Waals surface area contributed by atoms with Crippen LogP contribution in [0.25, 0.3) is 10.4 Å². The molecule has 0 bridgehead atoms. The fourth-order valence-electron chi connectivity index (χ4n) is 1.95. The average molecular weight is 313 g/mol. The fourth-order valence-corrected chi connectivity index (χ4v) is 2.92. The molecule has 0 aliphatic heterocycles. The number of nitrogen functional groups attached to an aromatic ring is 1. The third-order valence-corrected chi connectivity index (χ3v) is 4.31. The number of anilines is 1. The van der Waals surface area contributed by atoms with Crippen LogP contribution < -0.4 is 5.73 Å². The molecule has 0 aliphatic carbocycles. The molecule has 0 spiro atoms. The second kappa shape index (κ2) is 5.53. The van der Waals surface area contributed by atoms with Gasteiger partial charge < -0.3 is 15.1 Å². The molecule has 2 N–H and O–H groups in total. The lowest BCUT2D eigenvalue weighted by molar-refractivity contribution is 0.603. The molecule has 7 heteroatoms. The van der Waals surface area contributed by atoms with Gasteiger partial charge in [-0.15, -0.1) is 0 Å². The number of hydrogen-bond acceptors (Lipinski definition) is 4. The number of benzene rings is 2. The first-order valence-electron chi connectivity index (χ1n) is 6.49. The first-order chi connectivity index (χ1) is 10.6. The Morgan fingerprint density at radius 1 is 0.955 bits per heavy atom. The van der Waals surface area contributed by atoms with E-state index in [0.29, 0.717) is 5.69 Å². The number of nitrogens with two attached hydrogens (primary N) is 1. The van der Waals surface area contributed by atoms with Crippen molar-refractivity contribution >= 4 is 21.5 Å². The topological polar surface area (TPSA) is 92.1 Å². The number of nitrogens with zero attached hydrogens (tertiary/aromatic N) is 3. The minimum Gasteiger partial charge on any atom is -0.399 e. The largest absolute Gasteiger partial charge is 0.399 e. The van der Waals surface area contributed by atoms with E-state index in [2.05, 4.69) is 9.82 Å². The summed E-state index contributed by atoms with van der Waals surface area (Å²) in [5.74, 6) is 0.239. The molecular weight excluding hydrogens is 300 g/mol. The highest BCUT2D eigenvalue weighted by molar-refractivity contribution is 7.94. The lowest BCUT2D eigenvalue weighted by Gasteiger charge is -2.19. The minimum absolute atomic E-state index is 0.0857. The van der Waals surface area contributed by atoms with Gasteiger partial charge in [0.2, 0.25) is 10.0 Å². The summed E-state index contributed by atoms with van der Waals surface area (Å²) in [4.78, 5) is 0.0857. The minimum atomic E-state index is -3.82. The monoisotopic (exact) mass is 313 g/mol. The Hall–Kier alpha value is -2.80. The van der Waals surface area contributed by atoms with Gasteiger partial charge in [0.1, 0.15) is 0 Å². The Balaban J connectivity index is 1.94. The molecule has 1 aromatic heterocycles. The number of para-hydroxylation sites is 1. The van der Waals surface area contributed by atoms with E-state index in [0.717, 1.165) is 5.69 Å². The van der Waals surface area contributed by atoms with Gasteiger partial charge in [-0.1, -0.05) is 30.3 Å². The van der Waals surface area contributed by atoms with Gasteiger partial charge in [-0.3, -0.25) is 5.10 Å². The van der Waals surface area contributed by atoms with E-state index in [1.54, 1.807) is 6.07 Å². The summed E-state index contributed by atoms with van der Waals surface area (Å²) in [6.45, 7) is 0. The van der Waals surface area contributed by atoms with Crippen LogP contribution in [0, 0.1) is 0 Å². The van der Waals surface area contributed by atoms with Crippen LogP contribution in [0.3, 0.4) is 0 Å². The highest BCUT2D eigenvalue weighted by atomic mass is 32.2. The molecule has 112 valence electrons. The van der Waals surface area contributed by atoms with Crippen molar-refractivity contribution in [3.63, 3.8) is 0 Å². The van der Waals surface area contributed by atoms with Crippen LogP contribution in [0.15, 0.2) is 71.8 Å². The molecule has 0 atom stereocenters. The van der Waals surface area contributed by atoms with Crippen molar-refractivity contribution in [2.75, 3.05) is 5.73 Å². The lowest BCUT2D eigenvalue weighted by Crippen LogP contribution is -2.02. The zero-order chi connectivity index (χ0) is 15.6. The maximum absolute atomic E-state index is 12.3. The van der Waals surface area contributed by atoms with E-state index in [1.807, 2.05) is 30.3 Å². The molecule has 3 rings (SSSR count). The molecule has 0 saturated heterocycles. The van der Waals surface area contributed by atoms with Crippen LogP contribution in [0.2, 0.25) is 0 Å². The van der Waals surface area contributed by atoms with Gasteiger partial charge in [-0.25, -0.2) is 8.42 Å². The van der Waals surface area contributed by atoms with Crippen molar-refractivity contribution in [2.24, 2.45) is 0 Å². The standard InChI is InChI=1S/C15H13N4O2S/c16-12-6-8-14(9-7-12)22(20,21)18-15-10-11-17-19(15)13-4-2-1-3-5-13/h1-11H,16H2/q-1. The van der Waals surface area contributed by atoms with E-state index >= 15 is 0 Å². The second-order valence-electron chi connectivity index (χ2n) is 4.57. The number of hydrogen-bond donors (Lipinski definition) is 1. The molecule has 22 heavy (non-hydrogen) atoms. The quantitative estimate of drug-likeness (QED) is 0.750. The Morgan fingerprint density at radius 2 is 1.64 bits per heavy atom. The van der Waals surface area contributed by atoms with Crippen molar-refractivity contribution in [3.05, 3.63) is 71.6 Å². The van der Waals surface area contributed by atoms with Crippen LogP contribution in [-0.4, -0.2) is 18.2 Å². The second-order valence-corrected chi connectivity index (χ2v) is 6.18. The molecule has 0 unspecified atom stereocenters. The van der Waals surface area contributed by atoms with Gasteiger partial charge in [-0.2, -0.15) is 0 Å². The lowest BCUT2D eigenvalue weighted by atomic mass is 10.3. The van der Waals surface area contributed by atoms with Gasteiger partial charge in [0.25, 0.3) is 0 Å². The van der Waals surface area contributed by atoms with E-state index in [9.17, 15) is 8.42 Å². The molecule has 0 fully saturated rings. The molecular formula is C15H13N4O2S-. The van der Waals surface area contributed by atoms with E-state index in [-0.39, 0.29) is 10.7 Å². The average Bonchev–Trinajstić information content (AvgIpc) is 2.96. The molecule has 2 aromatic carbocycles. The van der Waals surface area contributed by atoms with Gasteiger partial charge in [0, 0.05) is 11.9 Å². The van der Waals surface area contributed by atoms with Gasteiger partial charge in [-0.05, 0) is 41.8 Å². The Labute approximate surface area is 128 Å². The van der Waals surface area contributed by atoms with Crippen LogP contribution in [0.5, 0.6) is 0 Å². The van der Waals surface area contributed by atoms with Crippen molar-refractivity contribution in [1.29, 1.82) is 0 Å². The van der Waals surface area contributed by atoms with Crippen LogP contribution in [-0.2, 0) is 10.0 Å². The van der Waals surface area contributed by atoms with Crippen molar-refractivity contribution in [2.45, 2.75) is 4.90 Å². The summed E-state index contributed by atoms with van der Waals surface area (Å²) >= 11 is 0. The first-order valence-corrected chi connectivity index (χ1v) is 7.93. The summed E-state index contributed by atoms with van der Waals surface area (Å²) in [6, 6.07) is 16.6. The maximum atomic E-state index is 12.3.